The maximum absolute atomic E-state index is 11.9. The molecule has 4 heteroatoms. The Morgan fingerprint density at radius 3 is 2.76 bits per heavy atom. The van der Waals surface area contributed by atoms with Gasteiger partial charge in [-0.05, 0) is 30.3 Å². The minimum absolute atomic E-state index is 0.0212. The van der Waals surface area contributed by atoms with Gasteiger partial charge in [-0.15, -0.1) is 0 Å². The number of nitrogens with zero attached hydrogens (tertiary/aromatic N) is 1. The van der Waals surface area contributed by atoms with Crippen LogP contribution in [0.25, 0.3) is 0 Å². The zero-order valence-electron chi connectivity index (χ0n) is 9.06. The summed E-state index contributed by atoms with van der Waals surface area (Å²) in [5.74, 6) is -0.0212. The number of nitrogen functional groups attached to an aromatic ring is 1. The van der Waals surface area contributed by atoms with Crippen molar-refractivity contribution in [3.8, 4) is 0 Å². The van der Waals surface area contributed by atoms with Crippen LogP contribution in [-0.2, 0) is 6.42 Å². The Balaban J connectivity index is 2.18. The number of nitrogens with two attached hydrogens (primary N) is 1. The molecule has 0 aliphatic heterocycles. The molecule has 0 atom stereocenters. The predicted molar refractivity (Wildman–Crippen MR) is 68.1 cm³/mol. The van der Waals surface area contributed by atoms with E-state index in [-0.39, 0.29) is 12.2 Å². The van der Waals surface area contributed by atoms with Gasteiger partial charge in [-0.3, -0.25) is 9.78 Å². The summed E-state index contributed by atoms with van der Waals surface area (Å²) in [5.41, 5.74) is 7.36. The van der Waals surface area contributed by atoms with Crippen molar-refractivity contribution in [2.75, 3.05) is 5.73 Å². The fraction of sp³-hybridized carbons (Fsp3) is 0.0769. The van der Waals surface area contributed by atoms with E-state index in [1.165, 1.54) is 0 Å². The van der Waals surface area contributed by atoms with Crippen molar-refractivity contribution in [1.82, 2.24) is 4.98 Å². The Bertz CT molecular complexity index is 540. The van der Waals surface area contributed by atoms with Crippen LogP contribution in [0.5, 0.6) is 0 Å². The van der Waals surface area contributed by atoms with Crippen LogP contribution in [0.3, 0.4) is 0 Å². The second-order valence-electron chi connectivity index (χ2n) is 3.66. The zero-order chi connectivity index (χ0) is 12.3. The van der Waals surface area contributed by atoms with E-state index in [1.54, 1.807) is 24.4 Å². The summed E-state index contributed by atoms with van der Waals surface area (Å²) in [6.45, 7) is 0. The monoisotopic (exact) mass is 246 g/mol. The third-order valence-corrected chi connectivity index (χ3v) is 2.73. The van der Waals surface area contributed by atoms with Crippen LogP contribution in [-0.4, -0.2) is 10.8 Å². The lowest BCUT2D eigenvalue weighted by Gasteiger charge is -2.03. The second kappa shape index (κ2) is 4.97. The molecular weight excluding hydrogens is 236 g/mol. The first kappa shape index (κ1) is 11.6. The smallest absolute Gasteiger partial charge is 0.168 e. The summed E-state index contributed by atoms with van der Waals surface area (Å²) >= 11 is 5.80. The van der Waals surface area contributed by atoms with Gasteiger partial charge in [-0.2, -0.15) is 0 Å². The van der Waals surface area contributed by atoms with Crippen molar-refractivity contribution in [2.24, 2.45) is 0 Å². The molecule has 0 unspecified atom stereocenters. The van der Waals surface area contributed by atoms with E-state index >= 15 is 0 Å². The van der Waals surface area contributed by atoms with Crippen LogP contribution in [0.2, 0.25) is 5.02 Å². The third kappa shape index (κ3) is 2.82. The zero-order valence-corrected chi connectivity index (χ0v) is 9.82. The molecule has 0 bridgehead atoms. The fourth-order valence-electron chi connectivity index (χ4n) is 1.49. The number of Topliss-reactive ketones (excluding diaryl/α,β-unsaturated/α-hetero) is 1. The average molecular weight is 247 g/mol. The number of rotatable bonds is 3. The number of halogens is 1. The van der Waals surface area contributed by atoms with Gasteiger partial charge >= 0.3 is 0 Å². The molecule has 1 heterocycles. The number of aromatic nitrogens is 1. The highest BCUT2D eigenvalue weighted by Crippen LogP contribution is 2.20. The van der Waals surface area contributed by atoms with Crippen LogP contribution in [0, 0.1) is 0 Å². The van der Waals surface area contributed by atoms with Crippen LogP contribution < -0.4 is 5.73 Å². The van der Waals surface area contributed by atoms with E-state index in [0.29, 0.717) is 16.3 Å². The number of pyridine rings is 1. The second-order valence-corrected chi connectivity index (χ2v) is 4.06. The van der Waals surface area contributed by atoms with Crippen LogP contribution in [0.15, 0.2) is 42.6 Å². The van der Waals surface area contributed by atoms with E-state index in [2.05, 4.69) is 4.98 Å². The summed E-state index contributed by atoms with van der Waals surface area (Å²) in [4.78, 5) is 16.0. The van der Waals surface area contributed by atoms with E-state index < -0.39 is 0 Å². The minimum atomic E-state index is -0.0212. The van der Waals surface area contributed by atoms with Crippen LogP contribution in [0.1, 0.15) is 16.1 Å². The van der Waals surface area contributed by atoms with Crippen LogP contribution >= 0.6 is 11.6 Å². The molecule has 0 saturated carbocycles. The predicted octanol–water partition coefficient (Wildman–Crippen LogP) is 2.74. The summed E-state index contributed by atoms with van der Waals surface area (Å²) in [6, 6.07) is 10.4. The van der Waals surface area contributed by atoms with Gasteiger partial charge < -0.3 is 5.73 Å². The molecule has 1 aromatic carbocycles. The topological polar surface area (TPSA) is 56.0 Å². The standard InChI is InChI=1S/C13H11ClN2O/c14-11-5-4-9(7-12(11)15)13(17)8-10-3-1-2-6-16-10/h1-7H,8,15H2. The molecule has 2 aromatic rings. The van der Waals surface area contributed by atoms with E-state index in [4.69, 9.17) is 17.3 Å². The lowest BCUT2D eigenvalue weighted by molar-refractivity contribution is 0.0992. The van der Waals surface area contributed by atoms with Gasteiger partial charge in [0.05, 0.1) is 17.1 Å². The van der Waals surface area contributed by atoms with E-state index in [9.17, 15) is 4.79 Å². The lowest BCUT2D eigenvalue weighted by atomic mass is 10.1. The lowest BCUT2D eigenvalue weighted by Crippen LogP contribution is -2.05. The molecule has 17 heavy (non-hydrogen) atoms. The van der Waals surface area contributed by atoms with Gasteiger partial charge in [0.2, 0.25) is 0 Å². The van der Waals surface area contributed by atoms with Crippen LogP contribution in [0.4, 0.5) is 5.69 Å². The molecule has 86 valence electrons. The number of anilines is 1. The molecule has 0 aliphatic rings. The van der Waals surface area contributed by atoms with Crippen molar-refractivity contribution < 1.29 is 4.79 Å². The largest absolute Gasteiger partial charge is 0.398 e. The fourth-order valence-corrected chi connectivity index (χ4v) is 1.60. The number of hydrogen-bond acceptors (Lipinski definition) is 3. The first-order valence-corrected chi connectivity index (χ1v) is 5.53. The summed E-state index contributed by atoms with van der Waals surface area (Å²) in [5, 5.41) is 0.458. The molecule has 2 N–H and O–H groups in total. The maximum Gasteiger partial charge on any atom is 0.168 e. The quantitative estimate of drug-likeness (QED) is 0.669. The molecule has 0 spiro atoms. The Hall–Kier alpha value is -1.87. The molecule has 3 nitrogen and oxygen atoms in total. The van der Waals surface area contributed by atoms with Gasteiger partial charge in [0.25, 0.3) is 0 Å². The Morgan fingerprint density at radius 1 is 1.29 bits per heavy atom. The van der Waals surface area contributed by atoms with Crippen molar-refractivity contribution in [3.05, 3.63) is 58.9 Å². The van der Waals surface area contributed by atoms with Crippen molar-refractivity contribution >= 4 is 23.1 Å². The molecule has 1 aromatic heterocycles. The first-order valence-electron chi connectivity index (χ1n) is 5.15. The molecule has 0 amide bonds. The van der Waals surface area contributed by atoms with E-state index in [0.717, 1.165) is 5.69 Å². The SMILES string of the molecule is Nc1cc(C(=O)Cc2ccccn2)ccc1Cl. The van der Waals surface area contributed by atoms with Gasteiger partial charge in [-0.25, -0.2) is 0 Å². The maximum atomic E-state index is 11.9. The number of benzene rings is 1. The number of carbonyl (C=O) groups excluding carboxylic acids is 1. The molecule has 0 fully saturated rings. The normalized spacial score (nSPS) is 10.2. The average Bonchev–Trinajstić information content (AvgIpc) is 2.34. The van der Waals surface area contributed by atoms with Crippen molar-refractivity contribution in [3.63, 3.8) is 0 Å². The van der Waals surface area contributed by atoms with Crippen molar-refractivity contribution in [2.45, 2.75) is 6.42 Å². The number of hydrogen-bond donors (Lipinski definition) is 1. The van der Waals surface area contributed by atoms with Crippen molar-refractivity contribution in [1.29, 1.82) is 0 Å². The third-order valence-electron chi connectivity index (χ3n) is 2.39. The molecule has 0 aliphatic carbocycles. The Morgan fingerprint density at radius 2 is 2.12 bits per heavy atom. The molecule has 2 rings (SSSR count). The minimum Gasteiger partial charge on any atom is -0.398 e. The molecule has 0 saturated heterocycles. The van der Waals surface area contributed by atoms with Gasteiger partial charge in [0.15, 0.2) is 5.78 Å². The first-order chi connectivity index (χ1) is 8.16. The molecular formula is C13H11ClN2O. The Kier molecular flexibility index (Phi) is 3.40. The molecule has 0 radical (unpaired) electrons. The summed E-state index contributed by atoms with van der Waals surface area (Å²) < 4.78 is 0. The Labute approximate surface area is 104 Å². The van der Waals surface area contributed by atoms with Gasteiger partial charge in [0.1, 0.15) is 0 Å². The van der Waals surface area contributed by atoms with Gasteiger partial charge in [0, 0.05) is 17.5 Å². The highest BCUT2D eigenvalue weighted by molar-refractivity contribution is 6.33. The summed E-state index contributed by atoms with van der Waals surface area (Å²) in [7, 11) is 0. The highest BCUT2D eigenvalue weighted by Gasteiger charge is 2.09. The number of carbonyl (C=O) groups is 1. The summed E-state index contributed by atoms with van der Waals surface area (Å²) in [6.07, 6.45) is 1.93. The van der Waals surface area contributed by atoms with Gasteiger partial charge in [-0.1, -0.05) is 17.7 Å². The number of ketones is 1. The highest BCUT2D eigenvalue weighted by atomic mass is 35.5. The van der Waals surface area contributed by atoms with E-state index in [1.807, 2.05) is 18.2 Å².